The van der Waals surface area contributed by atoms with Crippen LogP contribution in [0, 0.1) is 0 Å². The van der Waals surface area contributed by atoms with Gasteiger partial charge in [0.25, 0.3) is 0 Å². The monoisotopic (exact) mass is 339 g/mol. The smallest absolute Gasteiger partial charge is 0.0773 e. The molecule has 0 aliphatic heterocycles. The lowest BCUT2D eigenvalue weighted by Gasteiger charge is -2.03. The van der Waals surface area contributed by atoms with E-state index >= 15 is 0 Å². The fraction of sp³-hybridized carbons (Fsp3) is 0.130. The first-order chi connectivity index (χ1) is 12.3. The van der Waals surface area contributed by atoms with Gasteiger partial charge in [-0.2, -0.15) is 0 Å². The number of hydrogen-bond donors (Lipinski definition) is 0. The molecule has 2 radical (unpaired) electrons. The van der Waals surface area contributed by atoms with Crippen molar-refractivity contribution in [3.8, 4) is 0 Å². The summed E-state index contributed by atoms with van der Waals surface area (Å²) in [5, 5.41) is 4.08. The molecule has 122 valence electrons. The van der Waals surface area contributed by atoms with Crippen molar-refractivity contribution in [1.29, 1.82) is 0 Å². The summed E-state index contributed by atoms with van der Waals surface area (Å²) in [6.45, 7) is 5.41. The highest BCUT2D eigenvalue weighted by Crippen LogP contribution is 2.30. The summed E-state index contributed by atoms with van der Waals surface area (Å²) in [6.07, 6.45) is 4.41. The number of rotatable bonds is 4. The van der Waals surface area contributed by atoms with E-state index in [4.69, 9.17) is 0 Å². The second-order valence-electron chi connectivity index (χ2n) is 6.24. The molecule has 0 aliphatic rings. The van der Waals surface area contributed by atoms with Gasteiger partial charge in [0.15, 0.2) is 0 Å². The molecule has 0 saturated heterocycles. The van der Waals surface area contributed by atoms with Gasteiger partial charge >= 0.3 is 0 Å². The normalized spacial score (nSPS) is 11.8. The molecule has 0 fully saturated rings. The number of hydrogen-bond acceptors (Lipinski definition) is 0. The summed E-state index contributed by atoms with van der Waals surface area (Å²) in [6, 6.07) is 24.3. The van der Waals surface area contributed by atoms with Crippen LogP contribution >= 0.6 is 0 Å². The van der Waals surface area contributed by atoms with Crippen molar-refractivity contribution in [2.45, 2.75) is 20.0 Å². The van der Waals surface area contributed by atoms with Crippen molar-refractivity contribution in [2.75, 3.05) is 0 Å². The molecule has 3 aromatic carbocycles. The second kappa shape index (κ2) is 6.73. The van der Waals surface area contributed by atoms with E-state index in [-0.39, 0.29) is 0 Å². The Kier molecular flexibility index (Phi) is 4.29. The highest BCUT2D eigenvalue weighted by Gasteiger charge is 2.08. The highest BCUT2D eigenvalue weighted by molar-refractivity contribution is 6.51. The predicted molar refractivity (Wildman–Crippen MR) is 112 cm³/mol. The summed E-state index contributed by atoms with van der Waals surface area (Å²) in [4.78, 5) is 0. The first-order valence-corrected chi connectivity index (χ1v) is 10.3. The van der Waals surface area contributed by atoms with Crippen LogP contribution in [0.25, 0.3) is 34.0 Å². The summed E-state index contributed by atoms with van der Waals surface area (Å²) in [5.41, 5.74) is 5.12. The van der Waals surface area contributed by atoms with Crippen LogP contribution in [0.1, 0.15) is 18.1 Å². The third kappa shape index (κ3) is 2.94. The molecule has 4 aromatic rings. The zero-order valence-electron chi connectivity index (χ0n) is 14.7. The van der Waals surface area contributed by atoms with Gasteiger partial charge in [-0.3, -0.25) is 0 Å². The van der Waals surface area contributed by atoms with Crippen LogP contribution in [-0.4, -0.2) is 14.1 Å². The maximum absolute atomic E-state index is 2.39. The van der Waals surface area contributed by atoms with E-state index in [0.29, 0.717) is 0 Å². The zero-order chi connectivity index (χ0) is 17.2. The minimum atomic E-state index is 0.856. The summed E-state index contributed by atoms with van der Waals surface area (Å²) >= 11 is 0. The molecular weight excluding hydrogens is 318 g/mol. The predicted octanol–water partition coefficient (Wildman–Crippen LogP) is 5.36. The van der Waals surface area contributed by atoms with E-state index in [1.54, 1.807) is 0 Å². The Balaban J connectivity index is 1.75. The first-order valence-electron chi connectivity index (χ1n) is 8.77. The Morgan fingerprint density at radius 3 is 2.24 bits per heavy atom. The van der Waals surface area contributed by atoms with Gasteiger partial charge in [0.05, 0.1) is 9.52 Å². The number of fused-ring (bicyclic) bond motifs is 3. The maximum atomic E-state index is 2.39. The Hall–Kier alpha value is -2.58. The van der Waals surface area contributed by atoms with E-state index in [1.165, 1.54) is 38.1 Å². The van der Waals surface area contributed by atoms with Gasteiger partial charge in [-0.05, 0) is 36.2 Å². The van der Waals surface area contributed by atoms with E-state index in [2.05, 4.69) is 96.9 Å². The fourth-order valence-electron chi connectivity index (χ4n) is 3.47. The lowest BCUT2D eigenvalue weighted by atomic mass is 10.1. The quantitative estimate of drug-likeness (QED) is 0.348. The minimum Gasteiger partial charge on any atom is -0.341 e. The highest BCUT2D eigenvalue weighted by atomic mass is 28.2. The van der Waals surface area contributed by atoms with Gasteiger partial charge < -0.3 is 4.57 Å². The molecule has 25 heavy (non-hydrogen) atoms. The molecular formula is C23H21NSi. The van der Waals surface area contributed by atoms with Gasteiger partial charge in [0.1, 0.15) is 0 Å². The molecule has 1 aromatic heterocycles. The lowest BCUT2D eigenvalue weighted by Crippen LogP contribution is -2.08. The van der Waals surface area contributed by atoms with Crippen molar-refractivity contribution in [2.24, 2.45) is 0 Å². The molecule has 2 heteroatoms. The largest absolute Gasteiger partial charge is 0.341 e. The summed E-state index contributed by atoms with van der Waals surface area (Å²) < 4.78 is 2.39. The lowest BCUT2D eigenvalue weighted by molar-refractivity contribution is 0.827. The Bertz CT molecular complexity index is 1050. The molecule has 0 amide bonds. The van der Waals surface area contributed by atoms with Crippen LogP contribution in [0.2, 0.25) is 6.55 Å². The molecule has 0 aliphatic carbocycles. The summed E-state index contributed by atoms with van der Waals surface area (Å²) in [7, 11) is 0.856. The molecule has 0 spiro atoms. The number of aryl methyl sites for hydroxylation is 1. The van der Waals surface area contributed by atoms with Gasteiger partial charge in [-0.1, -0.05) is 72.4 Å². The van der Waals surface area contributed by atoms with E-state index in [0.717, 1.165) is 16.1 Å². The molecule has 1 nitrogen and oxygen atoms in total. The molecule has 0 saturated carbocycles. The van der Waals surface area contributed by atoms with E-state index < -0.39 is 0 Å². The average Bonchev–Trinajstić information content (AvgIpc) is 3.00. The van der Waals surface area contributed by atoms with Crippen LogP contribution in [0.5, 0.6) is 0 Å². The molecule has 0 N–H and O–H groups in total. The SMILES string of the molecule is CCn1c2ccccc2c2cc(/C=C/c3ccc([Si]C)cc3)ccc21. The Labute approximate surface area is 151 Å². The number of benzene rings is 3. The van der Waals surface area contributed by atoms with Crippen molar-refractivity contribution in [3.05, 3.63) is 77.9 Å². The molecule has 0 unspecified atom stereocenters. The van der Waals surface area contributed by atoms with Crippen molar-refractivity contribution in [3.63, 3.8) is 0 Å². The Morgan fingerprint density at radius 2 is 1.48 bits per heavy atom. The Morgan fingerprint density at radius 1 is 0.800 bits per heavy atom. The topological polar surface area (TPSA) is 4.93 Å². The summed E-state index contributed by atoms with van der Waals surface area (Å²) in [5.74, 6) is 0. The van der Waals surface area contributed by atoms with Crippen LogP contribution < -0.4 is 5.19 Å². The third-order valence-corrected chi connectivity index (χ3v) is 5.69. The van der Waals surface area contributed by atoms with Gasteiger partial charge in [-0.15, -0.1) is 0 Å². The van der Waals surface area contributed by atoms with E-state index in [1.807, 2.05) is 0 Å². The number of aromatic nitrogens is 1. The van der Waals surface area contributed by atoms with Crippen LogP contribution in [0.15, 0.2) is 66.7 Å². The van der Waals surface area contributed by atoms with Crippen LogP contribution in [0.3, 0.4) is 0 Å². The second-order valence-corrected chi connectivity index (χ2v) is 7.32. The van der Waals surface area contributed by atoms with Crippen molar-refractivity contribution >= 4 is 48.7 Å². The average molecular weight is 340 g/mol. The van der Waals surface area contributed by atoms with Gasteiger partial charge in [0.2, 0.25) is 0 Å². The van der Waals surface area contributed by atoms with Gasteiger partial charge in [0, 0.05) is 28.4 Å². The maximum Gasteiger partial charge on any atom is 0.0773 e. The van der Waals surface area contributed by atoms with Gasteiger partial charge in [-0.25, -0.2) is 0 Å². The van der Waals surface area contributed by atoms with Crippen LogP contribution in [0.4, 0.5) is 0 Å². The first kappa shape index (κ1) is 15.9. The fourth-order valence-corrected chi connectivity index (χ4v) is 3.97. The third-order valence-electron chi connectivity index (χ3n) is 4.78. The standard InChI is InChI=1S/C23H21NSi/c1-3-24-22-7-5-4-6-20(22)21-16-18(12-15-23(21)24)9-8-17-10-13-19(25-2)14-11-17/h4-16H,3H2,1-2H3/b9-8+. The molecule has 0 bridgehead atoms. The zero-order valence-corrected chi connectivity index (χ0v) is 15.7. The molecule has 0 atom stereocenters. The number of para-hydroxylation sites is 1. The number of nitrogens with zero attached hydrogens (tertiary/aromatic N) is 1. The van der Waals surface area contributed by atoms with Crippen LogP contribution in [-0.2, 0) is 6.54 Å². The van der Waals surface area contributed by atoms with Crippen molar-refractivity contribution < 1.29 is 0 Å². The molecule has 1 heterocycles. The molecule has 4 rings (SSSR count). The van der Waals surface area contributed by atoms with Crippen molar-refractivity contribution in [1.82, 2.24) is 4.57 Å². The minimum absolute atomic E-state index is 0.856. The van der Waals surface area contributed by atoms with E-state index in [9.17, 15) is 0 Å².